The van der Waals surface area contributed by atoms with Gasteiger partial charge >= 0.3 is 5.97 Å². The second-order valence-electron chi connectivity index (χ2n) is 5.88. The Morgan fingerprint density at radius 2 is 1.92 bits per heavy atom. The molecule has 3 rings (SSSR count). The molecule has 1 aliphatic heterocycles. The molecular weight excluding hydrogens is 298 g/mol. The molecule has 1 aliphatic rings. The van der Waals surface area contributed by atoms with Crippen LogP contribution in [0.5, 0.6) is 0 Å². The maximum Gasteiger partial charge on any atom is 0.317 e. The number of methoxy groups -OCH3 is 1. The van der Waals surface area contributed by atoms with Crippen LogP contribution in [-0.2, 0) is 22.5 Å². The van der Waals surface area contributed by atoms with Crippen LogP contribution in [0.4, 0.5) is 0 Å². The summed E-state index contributed by atoms with van der Waals surface area (Å²) in [6.45, 7) is 1.82. The van der Waals surface area contributed by atoms with Crippen molar-refractivity contribution in [2.24, 2.45) is 0 Å². The van der Waals surface area contributed by atoms with Crippen LogP contribution >= 0.6 is 0 Å². The first-order valence-electron chi connectivity index (χ1n) is 8.19. The van der Waals surface area contributed by atoms with Gasteiger partial charge in [-0.1, -0.05) is 66.4 Å². The Hall–Kier alpha value is -2.57. The van der Waals surface area contributed by atoms with Crippen molar-refractivity contribution in [2.75, 3.05) is 13.7 Å². The summed E-state index contributed by atoms with van der Waals surface area (Å²) in [6, 6.07) is 18.9. The Morgan fingerprint density at radius 3 is 2.71 bits per heavy atom. The second kappa shape index (κ2) is 7.81. The van der Waals surface area contributed by atoms with Crippen LogP contribution < -0.4 is 0 Å². The maximum absolute atomic E-state index is 11.3. The summed E-state index contributed by atoms with van der Waals surface area (Å²) in [5.41, 5.74) is 3.87. The molecule has 0 N–H and O–H groups in total. The van der Waals surface area contributed by atoms with E-state index in [-0.39, 0.29) is 18.4 Å². The van der Waals surface area contributed by atoms with Gasteiger partial charge < -0.3 is 4.74 Å². The van der Waals surface area contributed by atoms with E-state index in [2.05, 4.69) is 70.0 Å². The van der Waals surface area contributed by atoms with Gasteiger partial charge in [0.15, 0.2) is 0 Å². The van der Waals surface area contributed by atoms with Crippen LogP contribution in [0.1, 0.15) is 29.2 Å². The van der Waals surface area contributed by atoms with Crippen molar-refractivity contribution in [3.63, 3.8) is 0 Å². The molecule has 0 spiro atoms. The molecule has 0 saturated heterocycles. The summed E-state index contributed by atoms with van der Waals surface area (Å²) >= 11 is 0. The maximum atomic E-state index is 11.3. The lowest BCUT2D eigenvalue weighted by Gasteiger charge is -2.34. The van der Waals surface area contributed by atoms with Gasteiger partial charge in [-0.15, -0.1) is 0 Å². The highest BCUT2D eigenvalue weighted by molar-refractivity contribution is 5.72. The largest absolute Gasteiger partial charge is 0.468 e. The van der Waals surface area contributed by atoms with Crippen molar-refractivity contribution >= 4 is 5.97 Å². The number of esters is 1. The fourth-order valence-electron chi connectivity index (χ4n) is 3.07. The van der Waals surface area contributed by atoms with Gasteiger partial charge in [0.1, 0.15) is 6.42 Å². The number of nitrogens with zero attached hydrogens (tertiary/aromatic N) is 1. The van der Waals surface area contributed by atoms with Gasteiger partial charge in [-0.2, -0.15) is 0 Å². The predicted octanol–water partition coefficient (Wildman–Crippen LogP) is 3.35. The molecule has 1 atom stereocenters. The van der Waals surface area contributed by atoms with Crippen molar-refractivity contribution in [1.29, 1.82) is 0 Å². The quantitative estimate of drug-likeness (QED) is 0.642. The zero-order chi connectivity index (χ0) is 16.8. The predicted molar refractivity (Wildman–Crippen MR) is 94.1 cm³/mol. The van der Waals surface area contributed by atoms with E-state index in [1.54, 1.807) is 0 Å². The van der Waals surface area contributed by atoms with Gasteiger partial charge in [0.25, 0.3) is 0 Å². The third kappa shape index (κ3) is 3.84. The Kier molecular flexibility index (Phi) is 5.30. The highest BCUT2D eigenvalue weighted by Crippen LogP contribution is 2.30. The fourth-order valence-corrected chi connectivity index (χ4v) is 3.07. The lowest BCUT2D eigenvalue weighted by molar-refractivity contribution is -0.139. The smallest absolute Gasteiger partial charge is 0.317 e. The van der Waals surface area contributed by atoms with E-state index in [4.69, 9.17) is 0 Å². The van der Waals surface area contributed by atoms with Crippen LogP contribution in [0.15, 0.2) is 54.6 Å². The van der Waals surface area contributed by atoms with Crippen LogP contribution in [-0.4, -0.2) is 24.5 Å². The molecule has 122 valence electrons. The molecule has 3 nitrogen and oxygen atoms in total. The van der Waals surface area contributed by atoms with E-state index in [1.807, 2.05) is 6.07 Å². The summed E-state index contributed by atoms with van der Waals surface area (Å²) in [5, 5.41) is 0. The number of carbonyl (C=O) groups is 1. The summed E-state index contributed by atoms with van der Waals surface area (Å²) in [6.07, 6.45) is 1.16. The van der Waals surface area contributed by atoms with Crippen LogP contribution in [0, 0.1) is 11.8 Å². The van der Waals surface area contributed by atoms with Crippen molar-refractivity contribution < 1.29 is 9.53 Å². The van der Waals surface area contributed by atoms with Gasteiger partial charge in [-0.05, 0) is 23.1 Å². The molecule has 0 saturated carbocycles. The summed E-state index contributed by atoms with van der Waals surface area (Å²) < 4.78 is 4.68. The minimum absolute atomic E-state index is 0.0137. The van der Waals surface area contributed by atoms with Gasteiger partial charge in [0, 0.05) is 13.1 Å². The first-order valence-corrected chi connectivity index (χ1v) is 8.19. The van der Waals surface area contributed by atoms with Gasteiger partial charge in [-0.25, -0.2) is 0 Å². The number of hydrogen-bond acceptors (Lipinski definition) is 3. The molecule has 0 unspecified atom stereocenters. The molecule has 3 heteroatoms. The molecular formula is C21H21NO2. The zero-order valence-corrected chi connectivity index (χ0v) is 13.9. The van der Waals surface area contributed by atoms with E-state index in [9.17, 15) is 4.79 Å². The monoisotopic (exact) mass is 319 g/mol. The van der Waals surface area contributed by atoms with E-state index in [0.29, 0.717) is 0 Å². The topological polar surface area (TPSA) is 29.5 Å². The summed E-state index contributed by atoms with van der Waals surface area (Å²) in [4.78, 5) is 13.7. The Morgan fingerprint density at radius 1 is 1.17 bits per heavy atom. The molecule has 0 radical (unpaired) electrons. The van der Waals surface area contributed by atoms with Gasteiger partial charge in [0.05, 0.1) is 13.2 Å². The van der Waals surface area contributed by atoms with Crippen LogP contribution in [0.2, 0.25) is 0 Å². The number of ether oxygens (including phenoxy) is 1. The molecule has 0 amide bonds. The van der Waals surface area contributed by atoms with Crippen LogP contribution in [0.3, 0.4) is 0 Å². The molecule has 1 heterocycles. The second-order valence-corrected chi connectivity index (χ2v) is 5.88. The lowest BCUT2D eigenvalue weighted by atomic mass is 9.92. The minimum Gasteiger partial charge on any atom is -0.468 e. The first-order chi connectivity index (χ1) is 11.8. The van der Waals surface area contributed by atoms with Gasteiger partial charge in [0.2, 0.25) is 0 Å². The summed E-state index contributed by atoms with van der Waals surface area (Å²) in [7, 11) is 1.39. The number of fused-ring (bicyclic) bond motifs is 1. The fraction of sp³-hybridized carbons (Fsp3) is 0.286. The molecule has 0 aliphatic carbocycles. The summed E-state index contributed by atoms with van der Waals surface area (Å²) in [5.74, 6) is 5.99. The zero-order valence-electron chi connectivity index (χ0n) is 13.9. The van der Waals surface area contributed by atoms with E-state index in [0.717, 1.165) is 19.5 Å². The number of benzene rings is 2. The Balaban J connectivity index is 1.85. The highest BCUT2D eigenvalue weighted by Gasteiger charge is 2.25. The van der Waals surface area contributed by atoms with Crippen molar-refractivity contribution in [2.45, 2.75) is 25.4 Å². The van der Waals surface area contributed by atoms with Crippen LogP contribution in [0.25, 0.3) is 0 Å². The SMILES string of the molecule is COC(=O)CC#C[C@@H]1c2ccccc2CCN1Cc1ccccc1. The minimum atomic E-state index is -0.291. The van der Waals surface area contributed by atoms with Crippen molar-refractivity contribution in [1.82, 2.24) is 4.90 Å². The Labute approximate surface area is 143 Å². The van der Waals surface area contributed by atoms with E-state index < -0.39 is 0 Å². The van der Waals surface area contributed by atoms with Crippen molar-refractivity contribution in [3.8, 4) is 11.8 Å². The third-order valence-corrected chi connectivity index (χ3v) is 4.31. The van der Waals surface area contributed by atoms with Crippen molar-refractivity contribution in [3.05, 3.63) is 71.3 Å². The van der Waals surface area contributed by atoms with Gasteiger partial charge in [-0.3, -0.25) is 9.69 Å². The Bertz CT molecular complexity index is 758. The molecule has 0 aromatic heterocycles. The average Bonchev–Trinajstić information content (AvgIpc) is 2.64. The number of hydrogen-bond donors (Lipinski definition) is 0. The number of rotatable bonds is 3. The van der Waals surface area contributed by atoms with E-state index >= 15 is 0 Å². The standard InChI is InChI=1S/C21H21NO2/c1-24-21(23)13-7-12-20-19-11-6-5-10-18(19)14-15-22(20)16-17-8-3-2-4-9-17/h2-6,8-11,20H,13-16H2,1H3/t20-/m1/s1. The highest BCUT2D eigenvalue weighted by atomic mass is 16.5. The average molecular weight is 319 g/mol. The molecule has 24 heavy (non-hydrogen) atoms. The molecule has 2 aromatic carbocycles. The van der Waals surface area contributed by atoms with E-state index in [1.165, 1.54) is 23.8 Å². The normalized spacial score (nSPS) is 16.6. The first kappa shape index (κ1) is 16.3. The lowest BCUT2D eigenvalue weighted by Crippen LogP contribution is -2.34. The molecule has 0 fully saturated rings. The molecule has 0 bridgehead atoms. The molecule has 2 aromatic rings. The third-order valence-electron chi connectivity index (χ3n) is 4.31. The number of carbonyl (C=O) groups excluding carboxylic acids is 1.